The van der Waals surface area contributed by atoms with Crippen LogP contribution in [0.2, 0.25) is 0 Å². The Hall–Kier alpha value is -0.303. The molecule has 0 bridgehead atoms. The van der Waals surface area contributed by atoms with Crippen LogP contribution in [0, 0.1) is 0 Å². The van der Waals surface area contributed by atoms with E-state index in [-0.39, 0.29) is 0 Å². The molecule has 0 spiro atoms. The van der Waals surface area contributed by atoms with Crippen molar-refractivity contribution in [3.05, 3.63) is 24.9 Å². The van der Waals surface area contributed by atoms with E-state index in [4.69, 9.17) is 0 Å². The molecule has 0 aromatic heterocycles. The summed E-state index contributed by atoms with van der Waals surface area (Å²) >= 11 is 0. The second-order valence-corrected chi connectivity index (χ2v) is 1.27. The summed E-state index contributed by atoms with van der Waals surface area (Å²) in [4.78, 5) is 0. The third-order valence-corrected chi connectivity index (χ3v) is 0. The highest BCUT2D eigenvalue weighted by molar-refractivity contribution is 6.16. The van der Waals surface area contributed by atoms with E-state index in [2.05, 4.69) is 13.2 Å². The van der Waals surface area contributed by atoms with E-state index in [9.17, 15) is 0 Å². The van der Waals surface area contributed by atoms with Crippen LogP contribution in [0.25, 0.3) is 0 Å². The van der Waals surface area contributed by atoms with E-state index in [1.54, 1.807) is 22.0 Å². The highest BCUT2D eigenvalue weighted by Gasteiger charge is 1.17. The molecule has 6 heavy (non-hydrogen) atoms. The molecule has 0 amide bonds. The van der Waals surface area contributed by atoms with Gasteiger partial charge in [0.05, 0.1) is 0 Å². The number of allylic oxidation sites excluding steroid dienone is 1. The average Bonchev–Trinajstić information content (AvgIpc) is 1.39. The molecule has 0 aliphatic heterocycles. The summed E-state index contributed by atoms with van der Waals surface area (Å²) in [5.74, 6) is 0. The maximum atomic E-state index is 3.37. The van der Waals surface area contributed by atoms with Gasteiger partial charge in [0.15, 0.2) is 0 Å². The van der Waals surface area contributed by atoms with Crippen molar-refractivity contribution in [3.8, 4) is 0 Å². The van der Waals surface area contributed by atoms with Gasteiger partial charge in [-0.1, -0.05) is 6.08 Å². The monoisotopic (exact) mass is 99.1 g/mol. The quantitative estimate of drug-likeness (QED) is 0.313. The van der Waals surface area contributed by atoms with Gasteiger partial charge in [-0.3, -0.25) is 0 Å². The van der Waals surface area contributed by atoms with E-state index in [1.807, 2.05) is 6.92 Å². The van der Waals surface area contributed by atoms with Gasteiger partial charge in [-0.25, -0.2) is 0 Å². The SMILES string of the molecule is C=CC.C=C[SiH2]. The summed E-state index contributed by atoms with van der Waals surface area (Å²) in [7, 11) is 1.74. The van der Waals surface area contributed by atoms with Crippen molar-refractivity contribution in [2.75, 3.05) is 0 Å². The molecule has 0 aliphatic carbocycles. The zero-order valence-electron chi connectivity index (χ0n) is 4.28. The first-order valence-electron chi connectivity index (χ1n) is 1.80. The molecule has 0 aromatic rings. The summed E-state index contributed by atoms with van der Waals surface area (Å²) < 4.78 is 0. The second kappa shape index (κ2) is 22.3. The molecule has 0 nitrogen and oxygen atoms in total. The van der Waals surface area contributed by atoms with Crippen LogP contribution in [0.3, 0.4) is 0 Å². The molecule has 0 saturated carbocycles. The standard InChI is InChI=1S/C3H6.C2H5Si/c1-3-2;1-2-3/h3H,1H2,2H3;2H,1,3H2. The van der Waals surface area contributed by atoms with Crippen molar-refractivity contribution in [1.29, 1.82) is 0 Å². The van der Waals surface area contributed by atoms with Crippen molar-refractivity contribution in [2.45, 2.75) is 6.92 Å². The number of hydrogen-bond donors (Lipinski definition) is 0. The van der Waals surface area contributed by atoms with E-state index in [0.717, 1.165) is 0 Å². The van der Waals surface area contributed by atoms with Gasteiger partial charge in [-0.05, 0) is 6.92 Å². The molecule has 0 unspecified atom stereocenters. The molecule has 35 valence electrons. The van der Waals surface area contributed by atoms with Crippen LogP contribution >= 0.6 is 0 Å². The number of hydrogen-bond acceptors (Lipinski definition) is 0. The molecule has 0 saturated heterocycles. The van der Waals surface area contributed by atoms with Gasteiger partial charge in [0.1, 0.15) is 0 Å². The first-order chi connectivity index (χ1) is 2.83. The van der Waals surface area contributed by atoms with Gasteiger partial charge in [0, 0.05) is 10.2 Å². The van der Waals surface area contributed by atoms with Crippen molar-refractivity contribution in [1.82, 2.24) is 0 Å². The van der Waals surface area contributed by atoms with Crippen LogP contribution in [0.4, 0.5) is 0 Å². The molecular formula is C5H11Si. The summed E-state index contributed by atoms with van der Waals surface area (Å²) in [6, 6.07) is 0. The minimum Gasteiger partial charge on any atom is -0.111 e. The fourth-order valence-electron chi connectivity index (χ4n) is 0. The molecule has 0 aliphatic rings. The number of rotatable bonds is 0. The van der Waals surface area contributed by atoms with Crippen molar-refractivity contribution < 1.29 is 0 Å². The molecule has 0 fully saturated rings. The highest BCUT2D eigenvalue weighted by Crippen LogP contribution is 1.38. The van der Waals surface area contributed by atoms with Gasteiger partial charge < -0.3 is 0 Å². The van der Waals surface area contributed by atoms with E-state index < -0.39 is 0 Å². The molecule has 0 heterocycles. The van der Waals surface area contributed by atoms with Gasteiger partial charge >= 0.3 is 0 Å². The Bertz CT molecular complexity index is 24.9. The van der Waals surface area contributed by atoms with Gasteiger partial charge in [-0.2, -0.15) is 0 Å². The summed E-state index contributed by atoms with van der Waals surface area (Å²) in [5, 5.41) is 0. The maximum Gasteiger partial charge on any atom is 0.0370 e. The van der Waals surface area contributed by atoms with Gasteiger partial charge in [-0.15, -0.1) is 18.9 Å². The van der Waals surface area contributed by atoms with Gasteiger partial charge in [0.2, 0.25) is 0 Å². The topological polar surface area (TPSA) is 0 Å². The van der Waals surface area contributed by atoms with Crippen LogP contribution in [0.1, 0.15) is 6.92 Å². The Morgan fingerprint density at radius 3 is 1.50 bits per heavy atom. The normalized spacial score (nSPS) is 4.33. The lowest BCUT2D eigenvalue weighted by atomic mass is 10.8. The predicted octanol–water partition coefficient (Wildman–Crippen LogP) is 0.955. The first-order valence-corrected chi connectivity index (χ1v) is 2.62. The van der Waals surface area contributed by atoms with E-state index in [0.29, 0.717) is 0 Å². The average molecular weight is 99.2 g/mol. The van der Waals surface area contributed by atoms with E-state index in [1.165, 1.54) is 0 Å². The minimum absolute atomic E-state index is 1.74. The molecule has 0 aromatic carbocycles. The van der Waals surface area contributed by atoms with Crippen LogP contribution in [-0.4, -0.2) is 10.2 Å². The van der Waals surface area contributed by atoms with E-state index >= 15 is 0 Å². The summed E-state index contributed by atoms with van der Waals surface area (Å²) in [6.07, 6.45) is 1.75. The molecule has 0 atom stereocenters. The molecule has 0 rings (SSSR count). The Labute approximate surface area is 43.0 Å². The third kappa shape index (κ3) is 293. The lowest BCUT2D eigenvalue weighted by Gasteiger charge is -1.31. The van der Waals surface area contributed by atoms with Crippen molar-refractivity contribution in [3.63, 3.8) is 0 Å². The minimum atomic E-state index is 1.74. The Morgan fingerprint density at radius 1 is 1.50 bits per heavy atom. The van der Waals surface area contributed by atoms with Crippen LogP contribution in [-0.2, 0) is 0 Å². The van der Waals surface area contributed by atoms with Crippen molar-refractivity contribution >= 4 is 10.2 Å². The maximum absolute atomic E-state index is 3.37. The fourth-order valence-corrected chi connectivity index (χ4v) is 0. The Kier molecular flexibility index (Phi) is 34.2. The van der Waals surface area contributed by atoms with Crippen molar-refractivity contribution in [2.24, 2.45) is 0 Å². The zero-order valence-corrected chi connectivity index (χ0v) is 5.69. The van der Waals surface area contributed by atoms with Gasteiger partial charge in [0.25, 0.3) is 0 Å². The van der Waals surface area contributed by atoms with Crippen LogP contribution < -0.4 is 0 Å². The molecule has 1 heteroatoms. The largest absolute Gasteiger partial charge is 0.111 e. The van der Waals surface area contributed by atoms with Crippen LogP contribution in [0.5, 0.6) is 0 Å². The lowest BCUT2D eigenvalue weighted by Crippen LogP contribution is -1.29. The smallest absolute Gasteiger partial charge is 0.0370 e. The molecule has 0 N–H and O–H groups in total. The Morgan fingerprint density at radius 2 is 1.50 bits per heavy atom. The second-order valence-electron chi connectivity index (χ2n) is 0.697. The highest BCUT2D eigenvalue weighted by atomic mass is 28.1. The van der Waals surface area contributed by atoms with Crippen LogP contribution in [0.15, 0.2) is 24.9 Å². The lowest BCUT2D eigenvalue weighted by molar-refractivity contribution is 1.80. The first kappa shape index (κ1) is 9.20. The third-order valence-electron chi connectivity index (χ3n) is 0. The predicted molar refractivity (Wildman–Crippen MR) is 34.6 cm³/mol. The zero-order chi connectivity index (χ0) is 5.41. The Balaban J connectivity index is 0. The summed E-state index contributed by atoms with van der Waals surface area (Å²) in [6.45, 7) is 8.62. The fraction of sp³-hybridized carbons (Fsp3) is 0.200. The summed E-state index contributed by atoms with van der Waals surface area (Å²) in [5.41, 5.74) is 1.78. The molecule has 1 radical (unpaired) electrons. The molecular weight excluding hydrogens is 88.1 g/mol.